The largest absolute Gasteiger partial charge is 0.346 e. The number of carbonyl (C=O) groups is 6. The van der Waals surface area contributed by atoms with Crippen LogP contribution in [0, 0.1) is 22.7 Å². The Kier molecular flexibility index (Phi) is 13.1. The fraction of sp³-hybridized carbons (Fsp3) is 0.765. The van der Waals surface area contributed by atoms with Gasteiger partial charge in [0, 0.05) is 39.0 Å². The molecule has 0 unspecified atom stereocenters. The molecular weight excluding hydrogens is 626 g/mol. The second-order valence-electron chi connectivity index (χ2n) is 15.5. The van der Waals surface area contributed by atoms with Crippen LogP contribution < -0.4 is 21.3 Å². The van der Waals surface area contributed by atoms with Gasteiger partial charge in [-0.1, -0.05) is 54.0 Å². The highest BCUT2D eigenvalue weighted by Crippen LogP contribution is 2.43. The van der Waals surface area contributed by atoms with Crippen molar-refractivity contribution in [3.8, 4) is 0 Å². The topological polar surface area (TPSA) is 157 Å². The summed E-state index contributed by atoms with van der Waals surface area (Å²) in [7, 11) is 0. The summed E-state index contributed by atoms with van der Waals surface area (Å²) in [5.74, 6) is -3.89. The standard InChI is InChI=1S/C34H54F2N6O6/c1-8-15-37-30(46)27(44)22(17-24(35)36)38-29(45)26-21-13-11-12-20(21)18-42(26)31(47)28(34(5,6)7)40-32(48)39-23(33(2,3)4)19-41-16-10-9-14-25(41)43/h8,20-24,26,28H,1,9-19H2,2-7H3,(H,37,46)(H,38,45)(H2,39,40,48)/t20-,21-,22-,23+,26-,28+/m0/s1. The summed E-state index contributed by atoms with van der Waals surface area (Å²) in [6.07, 6.45) is 1.68. The molecule has 2 heterocycles. The van der Waals surface area contributed by atoms with Gasteiger partial charge in [-0.05, 0) is 48.3 Å². The molecule has 2 aliphatic heterocycles. The van der Waals surface area contributed by atoms with E-state index in [1.807, 2.05) is 20.8 Å². The quantitative estimate of drug-likeness (QED) is 0.173. The van der Waals surface area contributed by atoms with Gasteiger partial charge in [-0.2, -0.15) is 0 Å². The SMILES string of the molecule is C=CCNC(=O)C(=O)[C@H](CC(F)F)NC(=O)[C@@H]1[C@H]2CCC[C@H]2CN1C(=O)[C@@H](NC(=O)N[C@H](CN1CCCCC1=O)C(C)(C)C)C(C)(C)C. The third-order valence-electron chi connectivity index (χ3n) is 9.68. The van der Waals surface area contributed by atoms with Gasteiger partial charge >= 0.3 is 6.03 Å². The van der Waals surface area contributed by atoms with Gasteiger partial charge in [0.15, 0.2) is 0 Å². The second kappa shape index (κ2) is 16.2. The summed E-state index contributed by atoms with van der Waals surface area (Å²) in [6, 6.07) is -4.96. The monoisotopic (exact) mass is 680 g/mol. The highest BCUT2D eigenvalue weighted by atomic mass is 19.3. The molecule has 12 nitrogen and oxygen atoms in total. The molecule has 48 heavy (non-hydrogen) atoms. The Bertz CT molecular complexity index is 1230. The van der Waals surface area contributed by atoms with Crippen molar-refractivity contribution in [2.24, 2.45) is 22.7 Å². The Labute approximate surface area is 282 Å². The molecular formula is C34H54F2N6O6. The predicted molar refractivity (Wildman–Crippen MR) is 176 cm³/mol. The number of fused-ring (bicyclic) bond motifs is 1. The number of carbonyl (C=O) groups excluding carboxylic acids is 6. The first-order valence-electron chi connectivity index (χ1n) is 17.0. The van der Waals surface area contributed by atoms with E-state index >= 15 is 0 Å². The van der Waals surface area contributed by atoms with Crippen molar-refractivity contribution >= 4 is 35.4 Å². The van der Waals surface area contributed by atoms with Crippen molar-refractivity contribution in [1.82, 2.24) is 31.1 Å². The Morgan fingerprint density at radius 3 is 2.23 bits per heavy atom. The summed E-state index contributed by atoms with van der Waals surface area (Å²) >= 11 is 0. The van der Waals surface area contributed by atoms with Crippen LogP contribution in [0.3, 0.4) is 0 Å². The zero-order chi connectivity index (χ0) is 36.0. The van der Waals surface area contributed by atoms with Crippen LogP contribution in [-0.4, -0.2) is 102 Å². The number of piperidine rings is 1. The van der Waals surface area contributed by atoms with Crippen molar-refractivity contribution in [3.63, 3.8) is 0 Å². The summed E-state index contributed by atoms with van der Waals surface area (Å²) < 4.78 is 27.0. The molecule has 3 rings (SSSR count). The summed E-state index contributed by atoms with van der Waals surface area (Å²) in [5.41, 5.74) is -1.22. The molecule has 0 radical (unpaired) electrons. The van der Waals surface area contributed by atoms with E-state index < -0.39 is 77.4 Å². The number of nitrogens with one attached hydrogen (secondary N) is 4. The molecule has 0 aromatic heterocycles. The zero-order valence-electron chi connectivity index (χ0n) is 29.2. The maximum Gasteiger partial charge on any atom is 0.315 e. The first kappa shape index (κ1) is 38.9. The predicted octanol–water partition coefficient (Wildman–Crippen LogP) is 2.77. The van der Waals surface area contributed by atoms with Gasteiger partial charge in [0.2, 0.25) is 29.9 Å². The molecule has 3 fully saturated rings. The number of rotatable bonds is 13. The molecule has 0 aromatic rings. The maximum atomic E-state index is 14.3. The van der Waals surface area contributed by atoms with Gasteiger partial charge < -0.3 is 31.1 Å². The van der Waals surface area contributed by atoms with E-state index in [0.717, 1.165) is 25.7 Å². The van der Waals surface area contributed by atoms with E-state index in [4.69, 9.17) is 0 Å². The molecule has 0 spiro atoms. The van der Waals surface area contributed by atoms with Gasteiger partial charge in [0.1, 0.15) is 18.1 Å². The van der Waals surface area contributed by atoms with Crippen LogP contribution in [-0.2, 0) is 24.0 Å². The molecule has 0 aromatic carbocycles. The van der Waals surface area contributed by atoms with Gasteiger partial charge in [0.05, 0.1) is 6.04 Å². The number of Topliss-reactive ketones (excluding diaryl/α,β-unsaturated/α-hetero) is 1. The van der Waals surface area contributed by atoms with Crippen molar-refractivity contribution in [3.05, 3.63) is 12.7 Å². The van der Waals surface area contributed by atoms with Crippen LogP contribution in [0.1, 0.15) is 86.5 Å². The molecule has 270 valence electrons. The minimum absolute atomic E-state index is 0.0216. The first-order valence-corrected chi connectivity index (χ1v) is 17.0. The summed E-state index contributed by atoms with van der Waals surface area (Å²) in [5, 5.41) is 10.4. The number of likely N-dealkylation sites (tertiary alicyclic amines) is 2. The Hall–Kier alpha value is -3.58. The van der Waals surface area contributed by atoms with E-state index in [9.17, 15) is 37.5 Å². The van der Waals surface area contributed by atoms with E-state index in [1.165, 1.54) is 11.0 Å². The molecule has 1 saturated carbocycles. The van der Waals surface area contributed by atoms with Crippen LogP contribution in [0.4, 0.5) is 13.6 Å². The fourth-order valence-corrected chi connectivity index (χ4v) is 6.90. The Morgan fingerprint density at radius 2 is 1.65 bits per heavy atom. The molecule has 4 N–H and O–H groups in total. The van der Waals surface area contributed by atoms with Crippen molar-refractivity contribution in [2.75, 3.05) is 26.2 Å². The lowest BCUT2D eigenvalue weighted by molar-refractivity contribution is -0.145. The second-order valence-corrected chi connectivity index (χ2v) is 15.5. The third kappa shape index (κ3) is 9.97. The van der Waals surface area contributed by atoms with Crippen LogP contribution in [0.25, 0.3) is 0 Å². The molecule has 0 bridgehead atoms. The Morgan fingerprint density at radius 1 is 0.958 bits per heavy atom. The maximum absolute atomic E-state index is 14.3. The lowest BCUT2D eigenvalue weighted by Crippen LogP contribution is -2.62. The molecule has 6 amide bonds. The number of ketones is 1. The van der Waals surface area contributed by atoms with Gasteiger partial charge in [-0.25, -0.2) is 13.6 Å². The fourth-order valence-electron chi connectivity index (χ4n) is 6.90. The molecule has 1 aliphatic carbocycles. The molecule has 14 heteroatoms. The average molecular weight is 681 g/mol. The summed E-state index contributed by atoms with van der Waals surface area (Å²) in [4.78, 5) is 82.5. The Balaban J connectivity index is 1.82. The van der Waals surface area contributed by atoms with Gasteiger partial charge in [-0.15, -0.1) is 6.58 Å². The number of urea groups is 1. The van der Waals surface area contributed by atoms with Crippen LogP contribution >= 0.6 is 0 Å². The minimum atomic E-state index is -2.98. The highest BCUT2D eigenvalue weighted by molar-refractivity contribution is 6.38. The van der Waals surface area contributed by atoms with E-state index in [0.29, 0.717) is 25.9 Å². The lowest BCUT2D eigenvalue weighted by Gasteiger charge is -2.39. The van der Waals surface area contributed by atoms with Crippen molar-refractivity contribution < 1.29 is 37.5 Å². The number of nitrogens with zero attached hydrogens (tertiary/aromatic N) is 2. The van der Waals surface area contributed by atoms with Gasteiger partial charge in [-0.3, -0.25) is 24.0 Å². The zero-order valence-corrected chi connectivity index (χ0v) is 29.2. The van der Waals surface area contributed by atoms with Crippen molar-refractivity contribution in [2.45, 2.75) is 117 Å². The minimum Gasteiger partial charge on any atom is -0.346 e. The highest BCUT2D eigenvalue weighted by Gasteiger charge is 2.52. The third-order valence-corrected chi connectivity index (χ3v) is 9.68. The molecule has 2 saturated heterocycles. The van der Waals surface area contributed by atoms with E-state index in [2.05, 4.69) is 27.8 Å². The first-order chi connectivity index (χ1) is 22.3. The van der Waals surface area contributed by atoms with Crippen LogP contribution in [0.2, 0.25) is 0 Å². The van der Waals surface area contributed by atoms with Crippen LogP contribution in [0.5, 0.6) is 0 Å². The van der Waals surface area contributed by atoms with Gasteiger partial charge in [0.25, 0.3) is 5.91 Å². The smallest absolute Gasteiger partial charge is 0.315 e. The number of halogens is 2. The number of alkyl halides is 2. The molecule has 3 aliphatic rings. The number of amides is 6. The lowest BCUT2D eigenvalue weighted by atomic mass is 9.85. The average Bonchev–Trinajstić information content (AvgIpc) is 3.58. The number of hydrogen-bond acceptors (Lipinski definition) is 6. The van der Waals surface area contributed by atoms with Crippen LogP contribution in [0.15, 0.2) is 12.7 Å². The number of hydrogen-bond donors (Lipinski definition) is 4. The van der Waals surface area contributed by atoms with E-state index in [1.54, 1.807) is 25.7 Å². The van der Waals surface area contributed by atoms with Crippen molar-refractivity contribution in [1.29, 1.82) is 0 Å². The normalized spacial score (nSPS) is 23.2. The summed E-state index contributed by atoms with van der Waals surface area (Å²) in [6.45, 7) is 15.8. The molecule has 6 atom stereocenters. The van der Waals surface area contributed by atoms with E-state index in [-0.39, 0.29) is 30.8 Å².